The summed E-state index contributed by atoms with van der Waals surface area (Å²) in [7, 11) is 0. The predicted molar refractivity (Wildman–Crippen MR) is 61.8 cm³/mol. The van der Waals surface area contributed by atoms with E-state index in [1.807, 2.05) is 6.92 Å². The maximum atomic E-state index is 12.8. The second-order valence-corrected chi connectivity index (χ2v) is 4.61. The van der Waals surface area contributed by atoms with E-state index in [-0.39, 0.29) is 29.1 Å². The van der Waals surface area contributed by atoms with Crippen LogP contribution in [-0.4, -0.2) is 5.91 Å². The molecule has 0 bridgehead atoms. The standard InChI is InChI=1S/C12H13F3N2O/c1-6-4-8(6)11(18)17-10-3-2-7(16)5-9(10)12(13,14)15/h2-3,5-6,8H,4,16H2,1H3,(H,17,18). The molecule has 1 aromatic carbocycles. The summed E-state index contributed by atoms with van der Waals surface area (Å²) in [6.45, 7) is 1.89. The maximum absolute atomic E-state index is 12.8. The van der Waals surface area contributed by atoms with Crippen molar-refractivity contribution in [2.24, 2.45) is 11.8 Å². The van der Waals surface area contributed by atoms with Crippen molar-refractivity contribution in [2.45, 2.75) is 19.5 Å². The Bertz CT molecular complexity index is 485. The zero-order chi connectivity index (χ0) is 13.5. The van der Waals surface area contributed by atoms with Crippen molar-refractivity contribution in [2.75, 3.05) is 11.1 Å². The highest BCUT2D eigenvalue weighted by atomic mass is 19.4. The van der Waals surface area contributed by atoms with Gasteiger partial charge in [0.2, 0.25) is 5.91 Å². The summed E-state index contributed by atoms with van der Waals surface area (Å²) in [6, 6.07) is 3.34. The molecule has 98 valence electrons. The molecule has 0 spiro atoms. The third-order valence-corrected chi connectivity index (χ3v) is 3.05. The van der Waals surface area contributed by atoms with Crippen molar-refractivity contribution in [1.29, 1.82) is 0 Å². The van der Waals surface area contributed by atoms with Gasteiger partial charge in [0.25, 0.3) is 0 Å². The van der Waals surface area contributed by atoms with Crippen LogP contribution in [0.25, 0.3) is 0 Å². The predicted octanol–water partition coefficient (Wildman–Crippen LogP) is 2.88. The van der Waals surface area contributed by atoms with E-state index in [0.717, 1.165) is 12.5 Å². The third kappa shape index (κ3) is 2.57. The average molecular weight is 258 g/mol. The summed E-state index contributed by atoms with van der Waals surface area (Å²) >= 11 is 0. The molecule has 2 unspecified atom stereocenters. The van der Waals surface area contributed by atoms with E-state index < -0.39 is 11.7 Å². The number of carbonyl (C=O) groups is 1. The fourth-order valence-electron chi connectivity index (χ4n) is 1.82. The van der Waals surface area contributed by atoms with E-state index >= 15 is 0 Å². The van der Waals surface area contributed by atoms with Crippen LogP contribution in [0.5, 0.6) is 0 Å². The van der Waals surface area contributed by atoms with Crippen molar-refractivity contribution in [3.05, 3.63) is 23.8 Å². The molecule has 6 heteroatoms. The first-order valence-electron chi connectivity index (χ1n) is 5.56. The van der Waals surface area contributed by atoms with E-state index in [1.54, 1.807) is 0 Å². The zero-order valence-electron chi connectivity index (χ0n) is 9.71. The van der Waals surface area contributed by atoms with Crippen molar-refractivity contribution < 1.29 is 18.0 Å². The molecule has 3 N–H and O–H groups in total. The van der Waals surface area contributed by atoms with Crippen LogP contribution in [0.4, 0.5) is 24.5 Å². The highest BCUT2D eigenvalue weighted by molar-refractivity contribution is 5.95. The molecule has 1 amide bonds. The lowest BCUT2D eigenvalue weighted by Crippen LogP contribution is -2.18. The van der Waals surface area contributed by atoms with Gasteiger partial charge in [-0.15, -0.1) is 0 Å². The van der Waals surface area contributed by atoms with Gasteiger partial charge < -0.3 is 11.1 Å². The Balaban J connectivity index is 2.24. The van der Waals surface area contributed by atoms with Crippen LogP contribution in [0.2, 0.25) is 0 Å². The molecule has 1 aromatic rings. The SMILES string of the molecule is CC1CC1C(=O)Nc1ccc(N)cc1C(F)(F)F. The molecular formula is C12H13F3N2O. The van der Waals surface area contributed by atoms with E-state index in [2.05, 4.69) is 5.32 Å². The fourth-order valence-corrected chi connectivity index (χ4v) is 1.82. The number of rotatable bonds is 2. The number of alkyl halides is 3. The van der Waals surface area contributed by atoms with Crippen molar-refractivity contribution in [3.63, 3.8) is 0 Å². The summed E-state index contributed by atoms with van der Waals surface area (Å²) in [6.07, 6.45) is -3.81. The molecule has 18 heavy (non-hydrogen) atoms. The van der Waals surface area contributed by atoms with Gasteiger partial charge in [-0.1, -0.05) is 6.92 Å². The number of hydrogen-bond donors (Lipinski definition) is 2. The topological polar surface area (TPSA) is 55.1 Å². The normalized spacial score (nSPS) is 22.7. The monoisotopic (exact) mass is 258 g/mol. The highest BCUT2D eigenvalue weighted by Crippen LogP contribution is 2.40. The molecule has 3 nitrogen and oxygen atoms in total. The number of benzene rings is 1. The number of anilines is 2. The first-order chi connectivity index (χ1) is 8.29. The number of amides is 1. The van der Waals surface area contributed by atoms with Gasteiger partial charge in [0.15, 0.2) is 0 Å². The quantitative estimate of drug-likeness (QED) is 0.801. The highest BCUT2D eigenvalue weighted by Gasteiger charge is 2.40. The number of halogens is 3. The lowest BCUT2D eigenvalue weighted by Gasteiger charge is -2.14. The Kier molecular flexibility index (Phi) is 2.96. The van der Waals surface area contributed by atoms with Crippen LogP contribution in [-0.2, 0) is 11.0 Å². The van der Waals surface area contributed by atoms with Gasteiger partial charge >= 0.3 is 6.18 Å². The van der Waals surface area contributed by atoms with Crippen LogP contribution in [0.15, 0.2) is 18.2 Å². The van der Waals surface area contributed by atoms with Crippen molar-refractivity contribution >= 4 is 17.3 Å². The van der Waals surface area contributed by atoms with E-state index in [0.29, 0.717) is 0 Å². The summed E-state index contributed by atoms with van der Waals surface area (Å²) < 4.78 is 38.3. The van der Waals surface area contributed by atoms with Crippen LogP contribution < -0.4 is 11.1 Å². The summed E-state index contributed by atoms with van der Waals surface area (Å²) in [5.41, 5.74) is 4.20. The number of nitrogens with one attached hydrogen (secondary N) is 1. The molecule has 0 saturated heterocycles. The Morgan fingerprint density at radius 1 is 1.44 bits per heavy atom. The van der Waals surface area contributed by atoms with Crippen LogP contribution >= 0.6 is 0 Å². The molecule has 0 aliphatic heterocycles. The Hall–Kier alpha value is -1.72. The van der Waals surface area contributed by atoms with E-state index in [4.69, 9.17) is 5.73 Å². The largest absolute Gasteiger partial charge is 0.418 e. The molecule has 1 aliphatic rings. The number of carbonyl (C=O) groups excluding carboxylic acids is 1. The van der Waals surface area contributed by atoms with E-state index in [1.165, 1.54) is 12.1 Å². The van der Waals surface area contributed by atoms with Gasteiger partial charge in [-0.2, -0.15) is 13.2 Å². The average Bonchev–Trinajstić information content (AvgIpc) is 2.97. The van der Waals surface area contributed by atoms with Gasteiger partial charge in [0.05, 0.1) is 11.3 Å². The molecule has 0 aromatic heterocycles. The number of nitrogens with two attached hydrogens (primary N) is 1. The molecule has 2 rings (SSSR count). The minimum atomic E-state index is -4.53. The first-order valence-corrected chi connectivity index (χ1v) is 5.56. The molecule has 0 heterocycles. The first kappa shape index (κ1) is 12.7. The van der Waals surface area contributed by atoms with Gasteiger partial charge in [-0.25, -0.2) is 0 Å². The Morgan fingerprint density at radius 2 is 2.06 bits per heavy atom. The van der Waals surface area contributed by atoms with Crippen LogP contribution in [0.1, 0.15) is 18.9 Å². The zero-order valence-corrected chi connectivity index (χ0v) is 9.71. The third-order valence-electron chi connectivity index (χ3n) is 3.05. The maximum Gasteiger partial charge on any atom is 0.418 e. The second-order valence-electron chi connectivity index (χ2n) is 4.61. The number of nitrogen functional groups attached to an aromatic ring is 1. The van der Waals surface area contributed by atoms with Crippen molar-refractivity contribution in [1.82, 2.24) is 0 Å². The molecule has 1 aliphatic carbocycles. The van der Waals surface area contributed by atoms with Gasteiger partial charge in [0, 0.05) is 11.6 Å². The summed E-state index contributed by atoms with van der Waals surface area (Å²) in [4.78, 5) is 11.6. The molecule has 0 radical (unpaired) electrons. The van der Waals surface area contributed by atoms with E-state index in [9.17, 15) is 18.0 Å². The Labute approximate surface area is 102 Å². The minimum Gasteiger partial charge on any atom is -0.399 e. The van der Waals surface area contributed by atoms with Gasteiger partial charge in [-0.3, -0.25) is 4.79 Å². The van der Waals surface area contributed by atoms with Gasteiger partial charge in [-0.05, 0) is 30.5 Å². The van der Waals surface area contributed by atoms with Crippen LogP contribution in [0, 0.1) is 11.8 Å². The van der Waals surface area contributed by atoms with Gasteiger partial charge in [0.1, 0.15) is 0 Å². The lowest BCUT2D eigenvalue weighted by molar-refractivity contribution is -0.136. The molecule has 1 fully saturated rings. The number of hydrogen-bond acceptors (Lipinski definition) is 2. The molecule has 2 atom stereocenters. The summed E-state index contributed by atoms with van der Waals surface area (Å²) in [5.74, 6) is -0.297. The fraction of sp³-hybridized carbons (Fsp3) is 0.417. The molecular weight excluding hydrogens is 245 g/mol. The second kappa shape index (κ2) is 4.19. The lowest BCUT2D eigenvalue weighted by atomic mass is 10.1. The molecule has 1 saturated carbocycles. The van der Waals surface area contributed by atoms with Crippen LogP contribution in [0.3, 0.4) is 0 Å². The summed E-state index contributed by atoms with van der Waals surface area (Å²) in [5, 5.41) is 2.32. The Morgan fingerprint density at radius 3 is 2.56 bits per heavy atom. The smallest absolute Gasteiger partial charge is 0.399 e. The van der Waals surface area contributed by atoms with Crippen molar-refractivity contribution in [3.8, 4) is 0 Å². The minimum absolute atomic E-state index is 0.0140.